The van der Waals surface area contributed by atoms with Gasteiger partial charge in [0.05, 0.1) is 18.9 Å². The van der Waals surface area contributed by atoms with Gasteiger partial charge in [-0.2, -0.15) is 5.10 Å². The van der Waals surface area contributed by atoms with Crippen LogP contribution in [-0.2, 0) is 13.0 Å². The molecule has 1 fully saturated rings. The Bertz CT molecular complexity index is 674. The summed E-state index contributed by atoms with van der Waals surface area (Å²) >= 11 is 0. The molecule has 3 rings (SSSR count). The maximum Gasteiger partial charge on any atom is 0.123 e. The first-order valence-electron chi connectivity index (χ1n) is 7.79. The Morgan fingerprint density at radius 3 is 2.91 bits per heavy atom. The van der Waals surface area contributed by atoms with Crippen molar-refractivity contribution < 1.29 is 14.2 Å². The minimum Gasteiger partial charge on any atom is -0.496 e. The Hall–Kier alpha value is -1.92. The molecular weight excluding hydrogens is 297 g/mol. The van der Waals surface area contributed by atoms with E-state index in [1.807, 2.05) is 13.0 Å². The van der Waals surface area contributed by atoms with Crippen LogP contribution < -0.4 is 4.74 Å². The van der Waals surface area contributed by atoms with Gasteiger partial charge >= 0.3 is 0 Å². The molecule has 1 saturated heterocycles. The van der Waals surface area contributed by atoms with Crippen LogP contribution in [-0.4, -0.2) is 46.5 Å². The van der Waals surface area contributed by atoms with Crippen molar-refractivity contribution in [1.82, 2.24) is 15.1 Å². The number of H-pyrrole nitrogens is 1. The number of benzene rings is 1. The normalized spacial score (nSPS) is 21.7. The van der Waals surface area contributed by atoms with Crippen molar-refractivity contribution in [2.75, 3.05) is 20.2 Å². The summed E-state index contributed by atoms with van der Waals surface area (Å²) in [7, 11) is 1.58. The van der Waals surface area contributed by atoms with Crippen molar-refractivity contribution in [3.63, 3.8) is 0 Å². The molecule has 0 amide bonds. The zero-order valence-electron chi connectivity index (χ0n) is 13.4. The number of hydrogen-bond donors (Lipinski definition) is 2. The van der Waals surface area contributed by atoms with Crippen molar-refractivity contribution in [2.45, 2.75) is 26.0 Å². The van der Waals surface area contributed by atoms with Crippen LogP contribution in [0.2, 0.25) is 0 Å². The first-order valence-corrected chi connectivity index (χ1v) is 7.79. The average molecular weight is 319 g/mol. The van der Waals surface area contributed by atoms with Gasteiger partial charge in [-0.05, 0) is 37.6 Å². The predicted molar refractivity (Wildman–Crippen MR) is 84.8 cm³/mol. The third-order valence-corrected chi connectivity index (χ3v) is 4.35. The molecule has 1 aromatic carbocycles. The fraction of sp³-hybridized carbons (Fsp3) is 0.471. The molecule has 0 saturated carbocycles. The van der Waals surface area contributed by atoms with Crippen LogP contribution in [0.3, 0.4) is 0 Å². The summed E-state index contributed by atoms with van der Waals surface area (Å²) in [5.41, 5.74) is 2.79. The van der Waals surface area contributed by atoms with Gasteiger partial charge in [-0.15, -0.1) is 0 Å². The largest absolute Gasteiger partial charge is 0.496 e. The van der Waals surface area contributed by atoms with Gasteiger partial charge in [-0.25, -0.2) is 4.39 Å². The Morgan fingerprint density at radius 1 is 1.39 bits per heavy atom. The lowest BCUT2D eigenvalue weighted by Gasteiger charge is -2.17. The summed E-state index contributed by atoms with van der Waals surface area (Å²) < 4.78 is 18.8. The highest BCUT2D eigenvalue weighted by molar-refractivity contribution is 5.34. The molecule has 2 atom stereocenters. The molecule has 0 spiro atoms. The summed E-state index contributed by atoms with van der Waals surface area (Å²) in [6.07, 6.45) is 0.342. The van der Waals surface area contributed by atoms with E-state index < -0.39 is 6.10 Å². The number of halogens is 1. The molecule has 6 heteroatoms. The molecule has 124 valence electrons. The second kappa shape index (κ2) is 6.68. The number of rotatable bonds is 5. The van der Waals surface area contributed by atoms with Crippen LogP contribution in [0.25, 0.3) is 0 Å². The fourth-order valence-corrected chi connectivity index (χ4v) is 3.23. The molecule has 5 nitrogen and oxygen atoms in total. The number of aryl methyl sites for hydroxylation is 1. The van der Waals surface area contributed by atoms with E-state index in [-0.39, 0.29) is 11.7 Å². The number of hydrogen-bond acceptors (Lipinski definition) is 4. The van der Waals surface area contributed by atoms with Gasteiger partial charge in [0, 0.05) is 36.8 Å². The molecule has 0 radical (unpaired) electrons. The summed E-state index contributed by atoms with van der Waals surface area (Å²) in [4.78, 5) is 2.13. The van der Waals surface area contributed by atoms with E-state index in [0.29, 0.717) is 18.8 Å². The lowest BCUT2D eigenvalue weighted by molar-refractivity contribution is 0.140. The van der Waals surface area contributed by atoms with E-state index in [9.17, 15) is 9.50 Å². The molecule has 2 heterocycles. The van der Waals surface area contributed by atoms with Gasteiger partial charge in [0.25, 0.3) is 0 Å². The lowest BCUT2D eigenvalue weighted by atomic mass is 10.0. The van der Waals surface area contributed by atoms with Crippen LogP contribution in [0.1, 0.15) is 17.0 Å². The minimum atomic E-state index is -0.397. The lowest BCUT2D eigenvalue weighted by Crippen LogP contribution is -2.21. The Labute approximate surface area is 135 Å². The van der Waals surface area contributed by atoms with Crippen molar-refractivity contribution >= 4 is 0 Å². The number of aliphatic hydroxyl groups excluding tert-OH is 1. The summed E-state index contributed by atoms with van der Waals surface area (Å²) in [6.45, 7) is 3.86. The number of β-amino-alcohol motifs (C(OH)–C–C–N with tert-alkyl or cyclic N) is 1. The molecule has 1 aliphatic heterocycles. The molecule has 1 aromatic heterocycles. The van der Waals surface area contributed by atoms with E-state index in [4.69, 9.17) is 4.74 Å². The van der Waals surface area contributed by atoms with Gasteiger partial charge < -0.3 is 9.84 Å². The minimum absolute atomic E-state index is 0.136. The van der Waals surface area contributed by atoms with Gasteiger partial charge in [-0.1, -0.05) is 0 Å². The van der Waals surface area contributed by atoms with E-state index in [2.05, 4.69) is 15.1 Å². The second-order valence-electron chi connectivity index (χ2n) is 6.22. The highest BCUT2D eigenvalue weighted by Gasteiger charge is 2.32. The first-order chi connectivity index (χ1) is 11.0. The third-order valence-electron chi connectivity index (χ3n) is 4.35. The summed E-state index contributed by atoms with van der Waals surface area (Å²) in [6, 6.07) is 6.53. The Kier molecular flexibility index (Phi) is 4.63. The van der Waals surface area contributed by atoms with Gasteiger partial charge in [-0.3, -0.25) is 10.00 Å². The maximum atomic E-state index is 13.5. The van der Waals surface area contributed by atoms with Gasteiger partial charge in [0.15, 0.2) is 0 Å². The number of methoxy groups -OCH3 is 1. The third kappa shape index (κ3) is 3.71. The predicted octanol–water partition coefficient (Wildman–Crippen LogP) is 1.90. The summed E-state index contributed by atoms with van der Waals surface area (Å²) in [5, 5.41) is 17.5. The molecule has 0 aliphatic carbocycles. The van der Waals surface area contributed by atoms with Gasteiger partial charge in [0.2, 0.25) is 0 Å². The molecule has 23 heavy (non-hydrogen) atoms. The van der Waals surface area contributed by atoms with Crippen LogP contribution in [0.4, 0.5) is 4.39 Å². The van der Waals surface area contributed by atoms with Crippen molar-refractivity contribution in [3.8, 4) is 5.75 Å². The second-order valence-corrected chi connectivity index (χ2v) is 6.22. The van der Waals surface area contributed by atoms with Crippen LogP contribution in [0.5, 0.6) is 5.75 Å². The standard InChI is InChI=1S/C17H22FN3O2/c1-11-5-15(20-19-11)7-12-8-21(10-16(12)22)9-13-6-14(18)3-4-17(13)23-2/h3-6,12,16,22H,7-10H2,1-2H3,(H,19,20)/t12-,16-/m1/s1. The van der Waals surface area contributed by atoms with Crippen LogP contribution >= 0.6 is 0 Å². The van der Waals surface area contributed by atoms with Gasteiger partial charge in [0.1, 0.15) is 11.6 Å². The van der Waals surface area contributed by atoms with E-state index in [1.165, 1.54) is 12.1 Å². The summed E-state index contributed by atoms with van der Waals surface area (Å²) in [5.74, 6) is 0.536. The van der Waals surface area contributed by atoms with Crippen molar-refractivity contribution in [3.05, 3.63) is 47.0 Å². The number of aromatic nitrogens is 2. The zero-order chi connectivity index (χ0) is 16.4. The smallest absolute Gasteiger partial charge is 0.123 e. The van der Waals surface area contributed by atoms with E-state index >= 15 is 0 Å². The number of ether oxygens (including phenoxy) is 1. The van der Waals surface area contributed by atoms with E-state index in [0.717, 1.165) is 29.9 Å². The zero-order valence-corrected chi connectivity index (χ0v) is 13.4. The number of nitrogens with zero attached hydrogens (tertiary/aromatic N) is 2. The van der Waals surface area contributed by atoms with Crippen molar-refractivity contribution in [1.29, 1.82) is 0 Å². The van der Waals surface area contributed by atoms with Crippen molar-refractivity contribution in [2.24, 2.45) is 5.92 Å². The molecular formula is C17H22FN3O2. The average Bonchev–Trinajstić information content (AvgIpc) is 3.06. The molecule has 0 bridgehead atoms. The number of aliphatic hydroxyl groups is 1. The highest BCUT2D eigenvalue weighted by Crippen LogP contribution is 2.26. The highest BCUT2D eigenvalue weighted by atomic mass is 19.1. The number of likely N-dealkylation sites (tertiary alicyclic amines) is 1. The maximum absolute atomic E-state index is 13.5. The molecule has 0 unspecified atom stereocenters. The van der Waals surface area contributed by atoms with E-state index in [1.54, 1.807) is 13.2 Å². The Balaban J connectivity index is 1.65. The molecule has 2 aromatic rings. The van der Waals surface area contributed by atoms with Crippen LogP contribution in [0, 0.1) is 18.7 Å². The SMILES string of the molecule is COc1ccc(F)cc1CN1C[C@@H](Cc2cc(C)[nH]n2)[C@H](O)C1. The molecule has 2 N–H and O–H groups in total. The quantitative estimate of drug-likeness (QED) is 0.884. The topological polar surface area (TPSA) is 61.4 Å². The monoisotopic (exact) mass is 319 g/mol. The number of aromatic amines is 1. The first kappa shape index (κ1) is 16.0. The Morgan fingerprint density at radius 2 is 2.22 bits per heavy atom. The number of nitrogens with one attached hydrogen (secondary N) is 1. The fourth-order valence-electron chi connectivity index (χ4n) is 3.23. The van der Waals surface area contributed by atoms with Crippen LogP contribution in [0.15, 0.2) is 24.3 Å². The molecule has 1 aliphatic rings.